The average molecular weight is 308 g/mol. The van der Waals surface area contributed by atoms with Crippen LogP contribution >= 0.6 is 0 Å². The summed E-state index contributed by atoms with van der Waals surface area (Å²) in [6.07, 6.45) is 3.16. The van der Waals surface area contributed by atoms with Gasteiger partial charge in [-0.05, 0) is 30.3 Å². The zero-order chi connectivity index (χ0) is 16.1. The van der Waals surface area contributed by atoms with Gasteiger partial charge in [0.25, 0.3) is 5.91 Å². The van der Waals surface area contributed by atoms with Gasteiger partial charge in [0, 0.05) is 18.9 Å². The van der Waals surface area contributed by atoms with Gasteiger partial charge < -0.3 is 14.6 Å². The van der Waals surface area contributed by atoms with Gasteiger partial charge in [0.05, 0.1) is 12.8 Å². The summed E-state index contributed by atoms with van der Waals surface area (Å²) in [5, 5.41) is 3.03. The molecule has 0 radical (unpaired) electrons. The smallest absolute Gasteiger partial charge is 0.276 e. The quantitative estimate of drug-likeness (QED) is 0.784. The number of carbonyl (C=O) groups excluding carboxylic acids is 1. The summed E-state index contributed by atoms with van der Waals surface area (Å²) in [5.41, 5.74) is 1.13. The van der Waals surface area contributed by atoms with Crippen LogP contribution in [0, 0.1) is 0 Å². The van der Waals surface area contributed by atoms with Crippen LogP contribution in [0.2, 0.25) is 0 Å². The van der Waals surface area contributed by atoms with Crippen LogP contribution in [-0.4, -0.2) is 22.9 Å². The minimum absolute atomic E-state index is 0.195. The lowest BCUT2D eigenvalue weighted by Crippen LogP contribution is -2.27. The van der Waals surface area contributed by atoms with Gasteiger partial charge in [0.2, 0.25) is 5.95 Å². The zero-order valence-electron chi connectivity index (χ0n) is 12.6. The number of rotatable bonds is 5. The first-order valence-electron chi connectivity index (χ1n) is 7.16. The lowest BCUT2D eigenvalue weighted by molar-refractivity contribution is 0.0988. The summed E-state index contributed by atoms with van der Waals surface area (Å²) in [5.74, 6) is 0.958. The van der Waals surface area contributed by atoms with Crippen molar-refractivity contribution in [2.24, 2.45) is 0 Å². The van der Waals surface area contributed by atoms with E-state index >= 15 is 0 Å². The van der Waals surface area contributed by atoms with Gasteiger partial charge in [-0.25, -0.2) is 9.97 Å². The molecular formula is C17H16N4O2. The van der Waals surface area contributed by atoms with Crippen LogP contribution in [0.3, 0.4) is 0 Å². The minimum Gasteiger partial charge on any atom is -0.467 e. The molecule has 0 unspecified atom stereocenters. The molecule has 6 heteroatoms. The molecule has 0 aliphatic carbocycles. The van der Waals surface area contributed by atoms with E-state index in [0.717, 1.165) is 11.4 Å². The van der Waals surface area contributed by atoms with Gasteiger partial charge in [-0.3, -0.25) is 4.79 Å². The van der Waals surface area contributed by atoms with Crippen molar-refractivity contribution in [2.75, 3.05) is 17.3 Å². The Morgan fingerprint density at radius 3 is 2.74 bits per heavy atom. The molecule has 116 valence electrons. The molecule has 2 heterocycles. The predicted octanol–water partition coefficient (Wildman–Crippen LogP) is 2.96. The second-order valence-electron chi connectivity index (χ2n) is 4.90. The van der Waals surface area contributed by atoms with Crippen molar-refractivity contribution < 1.29 is 9.21 Å². The van der Waals surface area contributed by atoms with E-state index in [1.54, 1.807) is 30.5 Å². The SMILES string of the molecule is CN(C(=O)c1ccnc(NCc2ccco2)n1)c1ccccc1. The number of furan rings is 1. The molecule has 1 amide bonds. The largest absolute Gasteiger partial charge is 0.467 e. The standard InChI is InChI=1S/C17H16N4O2/c1-21(13-6-3-2-4-7-13)16(22)15-9-10-18-17(20-15)19-12-14-8-5-11-23-14/h2-11H,12H2,1H3,(H,18,19,20). The predicted molar refractivity (Wildman–Crippen MR) is 87.2 cm³/mol. The van der Waals surface area contributed by atoms with Crippen LogP contribution in [0.5, 0.6) is 0 Å². The molecule has 3 aromatic rings. The van der Waals surface area contributed by atoms with E-state index in [4.69, 9.17) is 4.42 Å². The molecule has 1 aromatic carbocycles. The number of carbonyl (C=O) groups is 1. The molecule has 23 heavy (non-hydrogen) atoms. The number of anilines is 2. The van der Waals surface area contributed by atoms with E-state index in [0.29, 0.717) is 18.2 Å². The van der Waals surface area contributed by atoms with Crippen molar-refractivity contribution >= 4 is 17.5 Å². The average Bonchev–Trinajstić information content (AvgIpc) is 3.13. The van der Waals surface area contributed by atoms with Crippen LogP contribution in [0.15, 0.2) is 65.4 Å². The van der Waals surface area contributed by atoms with Gasteiger partial charge in [0.1, 0.15) is 11.5 Å². The van der Waals surface area contributed by atoms with Gasteiger partial charge in [0.15, 0.2) is 0 Å². The van der Waals surface area contributed by atoms with E-state index in [9.17, 15) is 4.79 Å². The number of aromatic nitrogens is 2. The fourth-order valence-electron chi connectivity index (χ4n) is 2.08. The van der Waals surface area contributed by atoms with Gasteiger partial charge in [-0.15, -0.1) is 0 Å². The van der Waals surface area contributed by atoms with Crippen LogP contribution in [0.25, 0.3) is 0 Å². The first kappa shape index (κ1) is 14.8. The van der Waals surface area contributed by atoms with Crippen LogP contribution in [-0.2, 0) is 6.54 Å². The summed E-state index contributed by atoms with van der Waals surface area (Å²) in [6, 6.07) is 14.7. The Labute approximate surface area is 133 Å². The second kappa shape index (κ2) is 6.74. The highest BCUT2D eigenvalue weighted by Crippen LogP contribution is 2.14. The molecule has 1 N–H and O–H groups in total. The van der Waals surface area contributed by atoms with Crippen molar-refractivity contribution in [3.63, 3.8) is 0 Å². The maximum absolute atomic E-state index is 12.5. The highest BCUT2D eigenvalue weighted by Gasteiger charge is 2.15. The van der Waals surface area contributed by atoms with Crippen molar-refractivity contribution in [3.05, 3.63) is 72.4 Å². The normalized spacial score (nSPS) is 10.3. The Bertz CT molecular complexity index is 772. The Kier molecular flexibility index (Phi) is 4.33. The summed E-state index contributed by atoms with van der Waals surface area (Å²) in [6.45, 7) is 0.458. The number of hydrogen-bond acceptors (Lipinski definition) is 5. The maximum atomic E-state index is 12.5. The molecule has 0 saturated carbocycles. The third-order valence-electron chi connectivity index (χ3n) is 3.32. The van der Waals surface area contributed by atoms with Crippen LogP contribution in [0.1, 0.15) is 16.2 Å². The maximum Gasteiger partial charge on any atom is 0.276 e. The fraction of sp³-hybridized carbons (Fsp3) is 0.118. The van der Waals surface area contributed by atoms with Crippen LogP contribution < -0.4 is 10.2 Å². The van der Waals surface area contributed by atoms with Crippen molar-refractivity contribution in [2.45, 2.75) is 6.54 Å². The van der Waals surface area contributed by atoms with E-state index in [1.165, 1.54) is 0 Å². The Balaban J connectivity index is 1.72. The summed E-state index contributed by atoms with van der Waals surface area (Å²) in [4.78, 5) is 22.5. The highest BCUT2D eigenvalue weighted by molar-refractivity contribution is 6.04. The lowest BCUT2D eigenvalue weighted by Gasteiger charge is -2.16. The third-order valence-corrected chi connectivity index (χ3v) is 3.32. The topological polar surface area (TPSA) is 71.3 Å². The molecule has 0 saturated heterocycles. The van der Waals surface area contributed by atoms with Crippen LogP contribution in [0.4, 0.5) is 11.6 Å². The molecule has 0 aliphatic heterocycles. The zero-order valence-corrected chi connectivity index (χ0v) is 12.6. The van der Waals surface area contributed by atoms with Crippen molar-refractivity contribution in [3.8, 4) is 0 Å². The summed E-state index contributed by atoms with van der Waals surface area (Å²) >= 11 is 0. The van der Waals surface area contributed by atoms with E-state index in [-0.39, 0.29) is 5.91 Å². The molecule has 0 spiro atoms. The number of amides is 1. The first-order valence-corrected chi connectivity index (χ1v) is 7.16. The van der Waals surface area contributed by atoms with Gasteiger partial charge in [-0.1, -0.05) is 18.2 Å². The van der Waals surface area contributed by atoms with Gasteiger partial charge >= 0.3 is 0 Å². The van der Waals surface area contributed by atoms with Gasteiger partial charge in [-0.2, -0.15) is 0 Å². The number of nitrogens with one attached hydrogen (secondary N) is 1. The number of benzene rings is 1. The van der Waals surface area contributed by atoms with Crippen molar-refractivity contribution in [1.29, 1.82) is 0 Å². The Morgan fingerprint density at radius 2 is 2.00 bits per heavy atom. The second-order valence-corrected chi connectivity index (χ2v) is 4.90. The Morgan fingerprint density at radius 1 is 1.17 bits per heavy atom. The minimum atomic E-state index is -0.195. The molecule has 0 bridgehead atoms. The number of hydrogen-bond donors (Lipinski definition) is 1. The summed E-state index contributed by atoms with van der Waals surface area (Å²) < 4.78 is 5.24. The number of para-hydroxylation sites is 1. The Hall–Kier alpha value is -3.15. The number of nitrogens with zero attached hydrogens (tertiary/aromatic N) is 3. The monoisotopic (exact) mass is 308 g/mol. The van der Waals surface area contributed by atoms with E-state index in [1.807, 2.05) is 42.5 Å². The lowest BCUT2D eigenvalue weighted by atomic mass is 10.2. The van der Waals surface area contributed by atoms with Crippen molar-refractivity contribution in [1.82, 2.24) is 9.97 Å². The highest BCUT2D eigenvalue weighted by atomic mass is 16.3. The molecule has 2 aromatic heterocycles. The molecule has 0 fully saturated rings. The first-order chi connectivity index (χ1) is 11.2. The molecule has 6 nitrogen and oxygen atoms in total. The van der Waals surface area contributed by atoms with E-state index in [2.05, 4.69) is 15.3 Å². The summed E-state index contributed by atoms with van der Waals surface area (Å²) in [7, 11) is 1.72. The van der Waals surface area contributed by atoms with E-state index < -0.39 is 0 Å². The molecule has 0 atom stereocenters. The molecule has 3 rings (SSSR count). The molecule has 0 aliphatic rings. The third kappa shape index (κ3) is 3.55. The fourth-order valence-corrected chi connectivity index (χ4v) is 2.08. The molecular weight excluding hydrogens is 292 g/mol.